The van der Waals surface area contributed by atoms with E-state index in [2.05, 4.69) is 41.2 Å². The summed E-state index contributed by atoms with van der Waals surface area (Å²) < 4.78 is 0. The standard InChI is InChI=1S/C13H21N3/c1-3-8-14-12-5-4-6-13(15-12)16-9-7-11(2)10-16/h4-6,11H,3,7-10H2,1-2H3,(H,14,15). The molecule has 1 atom stereocenters. The summed E-state index contributed by atoms with van der Waals surface area (Å²) in [5, 5.41) is 3.33. The highest BCUT2D eigenvalue weighted by molar-refractivity contribution is 5.47. The van der Waals surface area contributed by atoms with Crippen LogP contribution in [0.3, 0.4) is 0 Å². The van der Waals surface area contributed by atoms with Crippen molar-refractivity contribution in [3.05, 3.63) is 18.2 Å². The molecule has 1 aromatic rings. The Morgan fingerprint density at radius 2 is 2.38 bits per heavy atom. The van der Waals surface area contributed by atoms with Gasteiger partial charge in [-0.25, -0.2) is 4.98 Å². The topological polar surface area (TPSA) is 28.2 Å². The molecule has 0 bridgehead atoms. The predicted octanol–water partition coefficient (Wildman–Crippen LogP) is 2.75. The Morgan fingerprint density at radius 3 is 3.06 bits per heavy atom. The molecular weight excluding hydrogens is 198 g/mol. The molecule has 1 N–H and O–H groups in total. The number of hydrogen-bond donors (Lipinski definition) is 1. The maximum atomic E-state index is 4.64. The minimum Gasteiger partial charge on any atom is -0.370 e. The number of pyridine rings is 1. The third-order valence-corrected chi connectivity index (χ3v) is 3.04. The Hall–Kier alpha value is -1.25. The van der Waals surface area contributed by atoms with Crippen LogP contribution in [0.5, 0.6) is 0 Å². The van der Waals surface area contributed by atoms with Crippen molar-refractivity contribution in [1.29, 1.82) is 0 Å². The van der Waals surface area contributed by atoms with E-state index in [4.69, 9.17) is 0 Å². The van der Waals surface area contributed by atoms with Crippen LogP contribution in [0, 0.1) is 5.92 Å². The van der Waals surface area contributed by atoms with Crippen LogP contribution in [0.25, 0.3) is 0 Å². The average Bonchev–Trinajstić information content (AvgIpc) is 2.74. The van der Waals surface area contributed by atoms with E-state index in [1.54, 1.807) is 0 Å². The molecule has 3 nitrogen and oxygen atoms in total. The predicted molar refractivity (Wildman–Crippen MR) is 69.0 cm³/mol. The molecule has 2 heterocycles. The van der Waals surface area contributed by atoms with E-state index < -0.39 is 0 Å². The normalized spacial score (nSPS) is 20.1. The fourth-order valence-corrected chi connectivity index (χ4v) is 2.09. The lowest BCUT2D eigenvalue weighted by Crippen LogP contribution is -2.20. The first-order chi connectivity index (χ1) is 7.79. The quantitative estimate of drug-likeness (QED) is 0.844. The van der Waals surface area contributed by atoms with Crippen molar-refractivity contribution in [2.75, 3.05) is 29.9 Å². The van der Waals surface area contributed by atoms with Gasteiger partial charge in [-0.2, -0.15) is 0 Å². The largest absolute Gasteiger partial charge is 0.370 e. The summed E-state index contributed by atoms with van der Waals surface area (Å²) >= 11 is 0. The van der Waals surface area contributed by atoms with Gasteiger partial charge in [-0.3, -0.25) is 0 Å². The molecule has 0 spiro atoms. The maximum absolute atomic E-state index is 4.64. The Balaban J connectivity index is 2.04. The van der Waals surface area contributed by atoms with Gasteiger partial charge < -0.3 is 10.2 Å². The number of nitrogens with zero attached hydrogens (tertiary/aromatic N) is 2. The molecule has 1 aromatic heterocycles. The molecule has 0 aliphatic carbocycles. The molecule has 0 radical (unpaired) electrons. The lowest BCUT2D eigenvalue weighted by Gasteiger charge is -2.17. The molecule has 1 fully saturated rings. The SMILES string of the molecule is CCCNc1cccc(N2CCC(C)C2)n1. The first kappa shape index (κ1) is 11.2. The number of anilines is 2. The van der Waals surface area contributed by atoms with E-state index in [-0.39, 0.29) is 0 Å². The zero-order valence-corrected chi connectivity index (χ0v) is 10.2. The zero-order chi connectivity index (χ0) is 11.4. The molecule has 0 aromatic carbocycles. The van der Waals surface area contributed by atoms with Gasteiger partial charge in [0.15, 0.2) is 0 Å². The van der Waals surface area contributed by atoms with Gasteiger partial charge in [-0.1, -0.05) is 19.9 Å². The van der Waals surface area contributed by atoms with Crippen molar-refractivity contribution in [3.8, 4) is 0 Å². The van der Waals surface area contributed by atoms with Crippen molar-refractivity contribution >= 4 is 11.6 Å². The van der Waals surface area contributed by atoms with Crippen LogP contribution in [0.1, 0.15) is 26.7 Å². The van der Waals surface area contributed by atoms with Gasteiger partial charge in [0.05, 0.1) is 0 Å². The zero-order valence-electron chi connectivity index (χ0n) is 10.2. The summed E-state index contributed by atoms with van der Waals surface area (Å²) in [5.41, 5.74) is 0. The molecule has 0 amide bonds. The summed E-state index contributed by atoms with van der Waals surface area (Å²) in [6.07, 6.45) is 2.42. The Labute approximate surface area is 97.9 Å². The van der Waals surface area contributed by atoms with Crippen LogP contribution in [0.4, 0.5) is 11.6 Å². The van der Waals surface area contributed by atoms with Gasteiger partial charge in [0.25, 0.3) is 0 Å². The van der Waals surface area contributed by atoms with Crippen LogP contribution < -0.4 is 10.2 Å². The van der Waals surface area contributed by atoms with Crippen molar-refractivity contribution < 1.29 is 0 Å². The molecule has 2 rings (SSSR count). The van der Waals surface area contributed by atoms with Crippen LogP contribution in [-0.2, 0) is 0 Å². The smallest absolute Gasteiger partial charge is 0.130 e. The van der Waals surface area contributed by atoms with Crippen LogP contribution in [0.2, 0.25) is 0 Å². The molecule has 1 aliphatic rings. The highest BCUT2D eigenvalue weighted by Gasteiger charge is 2.19. The van der Waals surface area contributed by atoms with Crippen LogP contribution in [0.15, 0.2) is 18.2 Å². The third-order valence-electron chi connectivity index (χ3n) is 3.04. The lowest BCUT2D eigenvalue weighted by molar-refractivity contribution is 0.659. The lowest BCUT2D eigenvalue weighted by atomic mass is 10.2. The second-order valence-electron chi connectivity index (χ2n) is 4.65. The third kappa shape index (κ3) is 2.65. The molecule has 16 heavy (non-hydrogen) atoms. The summed E-state index contributed by atoms with van der Waals surface area (Å²) in [4.78, 5) is 7.02. The van der Waals surface area contributed by atoms with Gasteiger partial charge in [0.2, 0.25) is 0 Å². The van der Waals surface area contributed by atoms with Crippen LogP contribution >= 0.6 is 0 Å². The average molecular weight is 219 g/mol. The fraction of sp³-hybridized carbons (Fsp3) is 0.615. The highest BCUT2D eigenvalue weighted by Crippen LogP contribution is 2.22. The summed E-state index contributed by atoms with van der Waals surface area (Å²) in [5.74, 6) is 2.92. The fourth-order valence-electron chi connectivity index (χ4n) is 2.09. The number of aromatic nitrogens is 1. The Bertz CT molecular complexity index is 338. The summed E-state index contributed by atoms with van der Waals surface area (Å²) in [6.45, 7) is 7.75. The maximum Gasteiger partial charge on any atom is 0.130 e. The first-order valence-electron chi connectivity index (χ1n) is 6.25. The molecule has 3 heteroatoms. The molecule has 1 aliphatic heterocycles. The molecule has 1 unspecified atom stereocenters. The molecule has 88 valence electrons. The number of rotatable bonds is 4. The second-order valence-corrected chi connectivity index (χ2v) is 4.65. The van der Waals surface area contributed by atoms with Crippen molar-refractivity contribution in [3.63, 3.8) is 0 Å². The number of hydrogen-bond acceptors (Lipinski definition) is 3. The van der Waals surface area contributed by atoms with E-state index in [1.165, 1.54) is 6.42 Å². The molecule has 1 saturated heterocycles. The minimum atomic E-state index is 0.800. The minimum absolute atomic E-state index is 0.800. The van der Waals surface area contributed by atoms with Crippen molar-refractivity contribution in [1.82, 2.24) is 4.98 Å². The van der Waals surface area contributed by atoms with E-state index in [0.717, 1.165) is 43.6 Å². The van der Waals surface area contributed by atoms with Gasteiger partial charge in [-0.05, 0) is 30.9 Å². The van der Waals surface area contributed by atoms with E-state index >= 15 is 0 Å². The summed E-state index contributed by atoms with van der Waals surface area (Å²) in [6, 6.07) is 6.23. The Morgan fingerprint density at radius 1 is 1.50 bits per heavy atom. The van der Waals surface area contributed by atoms with Crippen LogP contribution in [-0.4, -0.2) is 24.6 Å². The van der Waals surface area contributed by atoms with Gasteiger partial charge in [0.1, 0.15) is 11.6 Å². The van der Waals surface area contributed by atoms with E-state index in [1.807, 2.05) is 6.07 Å². The highest BCUT2D eigenvalue weighted by atomic mass is 15.2. The monoisotopic (exact) mass is 219 g/mol. The summed E-state index contributed by atoms with van der Waals surface area (Å²) in [7, 11) is 0. The van der Waals surface area contributed by atoms with E-state index in [9.17, 15) is 0 Å². The molecule has 0 saturated carbocycles. The number of nitrogens with one attached hydrogen (secondary N) is 1. The van der Waals surface area contributed by atoms with Gasteiger partial charge in [0, 0.05) is 19.6 Å². The van der Waals surface area contributed by atoms with Crippen molar-refractivity contribution in [2.24, 2.45) is 5.92 Å². The first-order valence-corrected chi connectivity index (χ1v) is 6.25. The second kappa shape index (κ2) is 5.19. The van der Waals surface area contributed by atoms with Crippen molar-refractivity contribution in [2.45, 2.75) is 26.7 Å². The molecular formula is C13H21N3. The van der Waals surface area contributed by atoms with Gasteiger partial charge in [-0.15, -0.1) is 0 Å². The Kier molecular flexibility index (Phi) is 3.65. The van der Waals surface area contributed by atoms with Gasteiger partial charge >= 0.3 is 0 Å². The van der Waals surface area contributed by atoms with E-state index in [0.29, 0.717) is 0 Å².